The number of carbonyl (C=O) groups excluding carboxylic acids is 2. The quantitative estimate of drug-likeness (QED) is 0.742. The number of ether oxygens (including phenoxy) is 2. The number of nitrogens with one attached hydrogen (secondary N) is 2. The number of rotatable bonds is 7. The summed E-state index contributed by atoms with van der Waals surface area (Å²) in [7, 11) is 0. The largest absolute Gasteiger partial charge is 0.482 e. The zero-order valence-electron chi connectivity index (χ0n) is 15.3. The molecule has 2 N–H and O–H groups in total. The Bertz CT molecular complexity index is 807. The number of hydrogen-bond acceptors (Lipinski definition) is 5. The second kappa shape index (κ2) is 10.1. The third kappa shape index (κ3) is 6.23. The van der Waals surface area contributed by atoms with Crippen molar-refractivity contribution in [3.8, 4) is 5.75 Å². The zero-order valence-corrected chi connectivity index (χ0v) is 16.1. The Hall–Kier alpha value is -2.61. The van der Waals surface area contributed by atoms with Crippen LogP contribution in [0.3, 0.4) is 0 Å². The van der Waals surface area contributed by atoms with Crippen molar-refractivity contribution >= 4 is 34.8 Å². The van der Waals surface area contributed by atoms with Gasteiger partial charge in [0.2, 0.25) is 5.91 Å². The Balaban J connectivity index is 1.43. The van der Waals surface area contributed by atoms with Gasteiger partial charge in [-0.3, -0.25) is 14.5 Å². The van der Waals surface area contributed by atoms with Gasteiger partial charge in [0, 0.05) is 24.5 Å². The molecule has 1 saturated heterocycles. The molecular weight excluding hydrogens is 382 g/mol. The molecule has 0 spiro atoms. The minimum absolute atomic E-state index is 0.0770. The van der Waals surface area contributed by atoms with Crippen LogP contribution in [0.4, 0.5) is 11.4 Å². The Morgan fingerprint density at radius 3 is 2.21 bits per heavy atom. The van der Waals surface area contributed by atoms with E-state index in [-0.39, 0.29) is 18.4 Å². The number of anilines is 2. The molecule has 0 saturated carbocycles. The van der Waals surface area contributed by atoms with Crippen molar-refractivity contribution in [3.63, 3.8) is 0 Å². The SMILES string of the molecule is O=C(COc1ccccc1Cl)Nc1ccc(NC(=O)CN2CCOCC2)cc1. The summed E-state index contributed by atoms with van der Waals surface area (Å²) < 4.78 is 10.7. The summed E-state index contributed by atoms with van der Waals surface area (Å²) in [5, 5.41) is 6.04. The van der Waals surface area contributed by atoms with Crippen molar-refractivity contribution in [1.29, 1.82) is 0 Å². The monoisotopic (exact) mass is 403 g/mol. The minimum Gasteiger partial charge on any atom is -0.482 e. The van der Waals surface area contributed by atoms with E-state index in [0.717, 1.165) is 13.1 Å². The van der Waals surface area contributed by atoms with Crippen LogP contribution in [-0.4, -0.2) is 56.2 Å². The van der Waals surface area contributed by atoms with Crippen molar-refractivity contribution in [3.05, 3.63) is 53.6 Å². The van der Waals surface area contributed by atoms with Crippen molar-refractivity contribution in [2.75, 3.05) is 50.1 Å². The lowest BCUT2D eigenvalue weighted by Gasteiger charge is -2.25. The maximum Gasteiger partial charge on any atom is 0.262 e. The van der Waals surface area contributed by atoms with Gasteiger partial charge in [-0.1, -0.05) is 23.7 Å². The smallest absolute Gasteiger partial charge is 0.262 e. The lowest BCUT2D eigenvalue weighted by atomic mass is 10.2. The van der Waals surface area contributed by atoms with E-state index < -0.39 is 0 Å². The lowest BCUT2D eigenvalue weighted by Crippen LogP contribution is -2.41. The predicted molar refractivity (Wildman–Crippen MR) is 108 cm³/mol. The molecule has 0 bridgehead atoms. The van der Waals surface area contributed by atoms with Gasteiger partial charge in [-0.2, -0.15) is 0 Å². The fourth-order valence-electron chi connectivity index (χ4n) is 2.70. The molecule has 7 nitrogen and oxygen atoms in total. The standard InChI is InChI=1S/C20H22ClN3O4/c21-17-3-1-2-4-18(17)28-14-20(26)23-16-7-5-15(6-8-16)22-19(25)13-24-9-11-27-12-10-24/h1-8H,9-14H2,(H,22,25)(H,23,26). The van der Waals surface area contributed by atoms with E-state index in [1.54, 1.807) is 48.5 Å². The maximum absolute atomic E-state index is 12.1. The highest BCUT2D eigenvalue weighted by atomic mass is 35.5. The first-order chi connectivity index (χ1) is 13.6. The molecule has 0 aliphatic carbocycles. The molecule has 0 radical (unpaired) electrons. The molecule has 3 rings (SSSR count). The fraction of sp³-hybridized carbons (Fsp3) is 0.300. The van der Waals surface area contributed by atoms with Crippen molar-refractivity contribution in [2.24, 2.45) is 0 Å². The number of benzene rings is 2. The molecule has 0 aromatic heterocycles. The number of para-hydroxylation sites is 1. The van der Waals surface area contributed by atoms with Crippen LogP contribution in [0.1, 0.15) is 0 Å². The Kier molecular flexibility index (Phi) is 7.25. The van der Waals surface area contributed by atoms with E-state index in [1.165, 1.54) is 0 Å². The Morgan fingerprint density at radius 2 is 1.57 bits per heavy atom. The van der Waals surface area contributed by atoms with Crippen LogP contribution in [0.5, 0.6) is 5.75 Å². The van der Waals surface area contributed by atoms with E-state index in [9.17, 15) is 9.59 Å². The average molecular weight is 404 g/mol. The number of carbonyl (C=O) groups is 2. The average Bonchev–Trinajstić information content (AvgIpc) is 2.69. The van der Waals surface area contributed by atoms with Crippen LogP contribution in [0.15, 0.2) is 48.5 Å². The van der Waals surface area contributed by atoms with E-state index in [2.05, 4.69) is 10.6 Å². The summed E-state index contributed by atoms with van der Waals surface area (Å²) in [4.78, 5) is 26.2. The van der Waals surface area contributed by atoms with Gasteiger partial charge in [-0.15, -0.1) is 0 Å². The fourth-order valence-corrected chi connectivity index (χ4v) is 2.89. The van der Waals surface area contributed by atoms with E-state index in [0.29, 0.717) is 41.9 Å². The maximum atomic E-state index is 12.1. The molecule has 2 amide bonds. The summed E-state index contributed by atoms with van der Waals surface area (Å²) in [5.41, 5.74) is 1.28. The zero-order chi connectivity index (χ0) is 19.8. The molecule has 8 heteroatoms. The van der Waals surface area contributed by atoms with Crippen LogP contribution < -0.4 is 15.4 Å². The molecule has 148 valence electrons. The highest BCUT2D eigenvalue weighted by Gasteiger charge is 2.14. The minimum atomic E-state index is -0.302. The molecule has 28 heavy (non-hydrogen) atoms. The topological polar surface area (TPSA) is 79.9 Å². The number of halogens is 1. The third-order valence-electron chi connectivity index (χ3n) is 4.12. The van der Waals surface area contributed by atoms with Crippen molar-refractivity contribution < 1.29 is 19.1 Å². The molecular formula is C20H22ClN3O4. The van der Waals surface area contributed by atoms with E-state index >= 15 is 0 Å². The third-order valence-corrected chi connectivity index (χ3v) is 4.43. The van der Waals surface area contributed by atoms with Crippen LogP contribution >= 0.6 is 11.6 Å². The first-order valence-corrected chi connectivity index (χ1v) is 9.35. The van der Waals surface area contributed by atoms with Gasteiger partial charge in [0.1, 0.15) is 5.75 Å². The van der Waals surface area contributed by atoms with Gasteiger partial charge in [0.05, 0.1) is 24.8 Å². The lowest BCUT2D eigenvalue weighted by molar-refractivity contribution is -0.119. The van der Waals surface area contributed by atoms with Gasteiger partial charge in [-0.05, 0) is 36.4 Å². The van der Waals surface area contributed by atoms with Gasteiger partial charge in [0.25, 0.3) is 5.91 Å². The number of nitrogens with zero attached hydrogens (tertiary/aromatic N) is 1. The molecule has 2 aromatic carbocycles. The molecule has 2 aromatic rings. The summed E-state index contributed by atoms with van der Waals surface area (Å²) in [6.45, 7) is 3.01. The highest BCUT2D eigenvalue weighted by Crippen LogP contribution is 2.23. The van der Waals surface area contributed by atoms with Crippen molar-refractivity contribution in [1.82, 2.24) is 4.90 Å². The second-order valence-electron chi connectivity index (χ2n) is 6.28. The van der Waals surface area contributed by atoms with Gasteiger partial charge in [0.15, 0.2) is 6.61 Å². The van der Waals surface area contributed by atoms with Crippen LogP contribution in [0, 0.1) is 0 Å². The number of morpholine rings is 1. The molecule has 1 fully saturated rings. The first-order valence-electron chi connectivity index (χ1n) is 8.97. The van der Waals surface area contributed by atoms with Gasteiger partial charge in [-0.25, -0.2) is 0 Å². The predicted octanol–water partition coefficient (Wildman–Crippen LogP) is 2.63. The van der Waals surface area contributed by atoms with Crippen LogP contribution in [0.2, 0.25) is 5.02 Å². The molecule has 0 atom stereocenters. The summed E-state index contributed by atoms with van der Waals surface area (Å²) >= 11 is 5.99. The van der Waals surface area contributed by atoms with E-state index in [4.69, 9.17) is 21.1 Å². The Morgan fingerprint density at radius 1 is 0.964 bits per heavy atom. The summed E-state index contributed by atoms with van der Waals surface area (Å²) in [5.74, 6) is 0.0773. The normalized spacial score (nSPS) is 14.3. The second-order valence-corrected chi connectivity index (χ2v) is 6.69. The molecule has 0 unspecified atom stereocenters. The first kappa shape index (κ1) is 20.1. The molecule has 1 aliphatic heterocycles. The highest BCUT2D eigenvalue weighted by molar-refractivity contribution is 6.32. The van der Waals surface area contributed by atoms with Gasteiger partial charge >= 0.3 is 0 Å². The summed E-state index contributed by atoms with van der Waals surface area (Å²) in [6, 6.07) is 13.9. The van der Waals surface area contributed by atoms with Gasteiger partial charge < -0.3 is 20.1 Å². The number of amides is 2. The van der Waals surface area contributed by atoms with Crippen molar-refractivity contribution in [2.45, 2.75) is 0 Å². The number of hydrogen-bond donors (Lipinski definition) is 2. The van der Waals surface area contributed by atoms with Crippen LogP contribution in [-0.2, 0) is 14.3 Å². The molecule has 1 aliphatic rings. The summed E-state index contributed by atoms with van der Waals surface area (Å²) in [6.07, 6.45) is 0. The Labute approximate surface area is 168 Å². The van der Waals surface area contributed by atoms with Crippen LogP contribution in [0.25, 0.3) is 0 Å². The molecule has 1 heterocycles. The van der Waals surface area contributed by atoms with E-state index in [1.807, 2.05) is 4.90 Å².